The van der Waals surface area contributed by atoms with Crippen molar-refractivity contribution in [1.29, 1.82) is 0 Å². The Morgan fingerprint density at radius 2 is 2.11 bits per heavy atom. The van der Waals surface area contributed by atoms with Crippen molar-refractivity contribution < 1.29 is 4.79 Å². The van der Waals surface area contributed by atoms with Crippen LogP contribution in [0.4, 0.5) is 0 Å². The lowest BCUT2D eigenvalue weighted by molar-refractivity contribution is -0.128. The van der Waals surface area contributed by atoms with Crippen LogP contribution in [0.2, 0.25) is 0 Å². The van der Waals surface area contributed by atoms with Crippen molar-refractivity contribution in [1.82, 2.24) is 14.5 Å². The Balaban J connectivity index is 1.70. The molecule has 1 aromatic heterocycles. The fourth-order valence-corrected chi connectivity index (χ4v) is 2.39. The van der Waals surface area contributed by atoms with E-state index in [0.29, 0.717) is 13.0 Å². The van der Waals surface area contributed by atoms with Gasteiger partial charge < -0.3 is 9.47 Å². The molecule has 1 unspecified atom stereocenters. The molecule has 0 aliphatic carbocycles. The first-order chi connectivity index (χ1) is 8.83. The molecule has 1 aliphatic heterocycles. The molecule has 0 N–H and O–H groups in total. The number of carbonyl (C=O) groups is 1. The number of aromatic nitrogens is 2. The third-order valence-electron chi connectivity index (χ3n) is 3.36. The normalized spacial score (nSPS) is 19.4. The van der Waals surface area contributed by atoms with Gasteiger partial charge in [-0.1, -0.05) is 30.3 Å². The molecule has 0 saturated carbocycles. The van der Waals surface area contributed by atoms with E-state index in [1.807, 2.05) is 33.9 Å². The van der Waals surface area contributed by atoms with Gasteiger partial charge in [-0.25, -0.2) is 4.98 Å². The lowest BCUT2D eigenvalue weighted by atomic mass is 10.2. The SMILES string of the molecule is O=C1CC(n2ccnc2)CN1Cc1ccccc1. The van der Waals surface area contributed by atoms with Crippen LogP contribution in [-0.4, -0.2) is 26.9 Å². The molecule has 1 amide bonds. The van der Waals surface area contributed by atoms with E-state index in [-0.39, 0.29) is 11.9 Å². The van der Waals surface area contributed by atoms with Crippen molar-refractivity contribution >= 4 is 5.91 Å². The Kier molecular flexibility index (Phi) is 2.84. The zero-order valence-corrected chi connectivity index (χ0v) is 10.1. The number of carbonyl (C=O) groups excluding carboxylic acids is 1. The minimum absolute atomic E-state index is 0.220. The number of benzene rings is 1. The molecule has 1 fully saturated rings. The summed E-state index contributed by atoms with van der Waals surface area (Å²) in [6.45, 7) is 1.47. The zero-order valence-electron chi connectivity index (χ0n) is 10.1. The van der Waals surface area contributed by atoms with Crippen molar-refractivity contribution in [3.05, 3.63) is 54.6 Å². The molecule has 1 atom stereocenters. The number of amides is 1. The zero-order chi connectivity index (χ0) is 12.4. The van der Waals surface area contributed by atoms with Crippen LogP contribution in [0.3, 0.4) is 0 Å². The van der Waals surface area contributed by atoms with Crippen molar-refractivity contribution in [2.75, 3.05) is 6.54 Å². The summed E-state index contributed by atoms with van der Waals surface area (Å²) < 4.78 is 2.02. The topological polar surface area (TPSA) is 38.1 Å². The molecule has 4 heteroatoms. The Hall–Kier alpha value is -2.10. The van der Waals surface area contributed by atoms with E-state index in [0.717, 1.165) is 6.54 Å². The van der Waals surface area contributed by atoms with Gasteiger partial charge in [0.2, 0.25) is 5.91 Å². The molecule has 92 valence electrons. The highest BCUT2D eigenvalue weighted by Gasteiger charge is 2.30. The fraction of sp³-hybridized carbons (Fsp3) is 0.286. The molecule has 3 rings (SSSR count). The third kappa shape index (κ3) is 2.14. The Bertz CT molecular complexity index is 521. The average molecular weight is 241 g/mol. The Morgan fingerprint density at radius 1 is 1.28 bits per heavy atom. The molecule has 1 aliphatic rings. The van der Waals surface area contributed by atoms with E-state index in [2.05, 4.69) is 17.1 Å². The fourth-order valence-electron chi connectivity index (χ4n) is 2.39. The van der Waals surface area contributed by atoms with E-state index in [9.17, 15) is 4.79 Å². The predicted octanol–water partition coefficient (Wildman–Crippen LogP) is 1.86. The number of hydrogen-bond donors (Lipinski definition) is 0. The lowest BCUT2D eigenvalue weighted by Gasteiger charge is -2.17. The second kappa shape index (κ2) is 4.64. The van der Waals surface area contributed by atoms with Crippen LogP contribution < -0.4 is 0 Å². The highest BCUT2D eigenvalue weighted by molar-refractivity contribution is 5.78. The maximum absolute atomic E-state index is 12.0. The van der Waals surface area contributed by atoms with E-state index in [1.165, 1.54) is 5.56 Å². The largest absolute Gasteiger partial charge is 0.336 e. The lowest BCUT2D eigenvalue weighted by Crippen LogP contribution is -2.24. The van der Waals surface area contributed by atoms with Crippen LogP contribution in [-0.2, 0) is 11.3 Å². The number of likely N-dealkylation sites (tertiary alicyclic amines) is 1. The van der Waals surface area contributed by atoms with Gasteiger partial charge in [0, 0.05) is 31.9 Å². The molecular weight excluding hydrogens is 226 g/mol. The van der Waals surface area contributed by atoms with Gasteiger partial charge in [0.05, 0.1) is 12.4 Å². The number of rotatable bonds is 3. The molecule has 1 aromatic carbocycles. The van der Waals surface area contributed by atoms with Crippen LogP contribution in [0.1, 0.15) is 18.0 Å². The quantitative estimate of drug-likeness (QED) is 0.822. The van der Waals surface area contributed by atoms with Crippen molar-refractivity contribution in [2.24, 2.45) is 0 Å². The van der Waals surface area contributed by atoms with E-state index in [4.69, 9.17) is 0 Å². The Morgan fingerprint density at radius 3 is 2.83 bits per heavy atom. The summed E-state index contributed by atoms with van der Waals surface area (Å²) in [5.41, 5.74) is 1.18. The average Bonchev–Trinajstić information content (AvgIpc) is 3.01. The van der Waals surface area contributed by atoms with Gasteiger partial charge in [-0.05, 0) is 5.56 Å². The summed E-state index contributed by atoms with van der Waals surface area (Å²) in [4.78, 5) is 17.9. The van der Waals surface area contributed by atoms with Gasteiger partial charge in [0.1, 0.15) is 0 Å². The highest BCUT2D eigenvalue weighted by Crippen LogP contribution is 2.23. The minimum atomic E-state index is 0.220. The molecular formula is C14H15N3O. The standard InChI is InChI=1S/C14H15N3O/c18-14-8-13(16-7-6-15-11-16)10-17(14)9-12-4-2-1-3-5-12/h1-7,11,13H,8-10H2. The van der Waals surface area contributed by atoms with Gasteiger partial charge >= 0.3 is 0 Å². The van der Waals surface area contributed by atoms with Gasteiger partial charge in [0.25, 0.3) is 0 Å². The summed E-state index contributed by atoms with van der Waals surface area (Å²) in [5.74, 6) is 0.220. The van der Waals surface area contributed by atoms with Crippen molar-refractivity contribution in [3.8, 4) is 0 Å². The summed E-state index contributed by atoms with van der Waals surface area (Å²) in [5, 5.41) is 0. The van der Waals surface area contributed by atoms with Crippen molar-refractivity contribution in [3.63, 3.8) is 0 Å². The molecule has 18 heavy (non-hydrogen) atoms. The minimum Gasteiger partial charge on any atom is -0.336 e. The summed E-state index contributed by atoms with van der Waals surface area (Å²) in [6, 6.07) is 10.3. The monoisotopic (exact) mass is 241 g/mol. The number of imidazole rings is 1. The smallest absolute Gasteiger partial charge is 0.225 e. The van der Waals surface area contributed by atoms with E-state index < -0.39 is 0 Å². The molecule has 2 aromatic rings. The van der Waals surface area contributed by atoms with Gasteiger partial charge in [-0.3, -0.25) is 4.79 Å². The molecule has 4 nitrogen and oxygen atoms in total. The van der Waals surface area contributed by atoms with Crippen LogP contribution >= 0.6 is 0 Å². The third-order valence-corrected chi connectivity index (χ3v) is 3.36. The molecule has 0 spiro atoms. The van der Waals surface area contributed by atoms with Gasteiger partial charge in [-0.15, -0.1) is 0 Å². The first-order valence-corrected chi connectivity index (χ1v) is 6.12. The van der Waals surface area contributed by atoms with Crippen molar-refractivity contribution in [2.45, 2.75) is 19.0 Å². The highest BCUT2D eigenvalue weighted by atomic mass is 16.2. The molecule has 0 bridgehead atoms. The Labute approximate surface area is 106 Å². The van der Waals surface area contributed by atoms with E-state index in [1.54, 1.807) is 12.5 Å². The van der Waals surface area contributed by atoms with E-state index >= 15 is 0 Å². The van der Waals surface area contributed by atoms with Gasteiger partial charge in [-0.2, -0.15) is 0 Å². The summed E-state index contributed by atoms with van der Waals surface area (Å²) in [6.07, 6.45) is 6.03. The summed E-state index contributed by atoms with van der Waals surface area (Å²) in [7, 11) is 0. The first kappa shape index (κ1) is 11.0. The molecule has 1 saturated heterocycles. The van der Waals surface area contributed by atoms with Crippen LogP contribution in [0.15, 0.2) is 49.1 Å². The first-order valence-electron chi connectivity index (χ1n) is 6.12. The summed E-state index contributed by atoms with van der Waals surface area (Å²) >= 11 is 0. The maximum Gasteiger partial charge on any atom is 0.225 e. The maximum atomic E-state index is 12.0. The molecule has 2 heterocycles. The predicted molar refractivity (Wildman–Crippen MR) is 67.7 cm³/mol. The van der Waals surface area contributed by atoms with Crippen LogP contribution in [0.25, 0.3) is 0 Å². The number of hydrogen-bond acceptors (Lipinski definition) is 2. The second-order valence-electron chi connectivity index (χ2n) is 4.63. The molecule has 0 radical (unpaired) electrons. The van der Waals surface area contributed by atoms with Gasteiger partial charge in [0.15, 0.2) is 0 Å². The number of nitrogens with zero attached hydrogens (tertiary/aromatic N) is 3. The van der Waals surface area contributed by atoms with Crippen LogP contribution in [0.5, 0.6) is 0 Å². The second-order valence-corrected chi connectivity index (χ2v) is 4.63. The van der Waals surface area contributed by atoms with Crippen LogP contribution in [0, 0.1) is 0 Å².